The molecule has 32 heavy (non-hydrogen) atoms. The molecule has 3 rings (SSSR count). The molecule has 0 radical (unpaired) electrons. The van der Waals surface area contributed by atoms with Crippen LogP contribution in [0.15, 0.2) is 29.3 Å². The number of imidazole rings is 1. The van der Waals surface area contributed by atoms with E-state index in [0.717, 1.165) is 11.8 Å². The van der Waals surface area contributed by atoms with Gasteiger partial charge in [-0.05, 0) is 26.1 Å². The number of nitrogen functional groups attached to an aromatic ring is 1. The lowest BCUT2D eigenvalue weighted by Gasteiger charge is -2.26. The van der Waals surface area contributed by atoms with Gasteiger partial charge in [-0.15, -0.1) is 0 Å². The van der Waals surface area contributed by atoms with Gasteiger partial charge in [0.2, 0.25) is 0 Å². The van der Waals surface area contributed by atoms with Gasteiger partial charge in [0.15, 0.2) is 10.6 Å². The van der Waals surface area contributed by atoms with Gasteiger partial charge in [0.1, 0.15) is 5.82 Å². The summed E-state index contributed by atoms with van der Waals surface area (Å²) in [5.74, 6) is 0.0633. The first-order valence-electron chi connectivity index (χ1n) is 9.96. The first kappa shape index (κ1) is 24.7. The molecule has 0 aromatic carbocycles. The number of aromatic amines is 1. The molecule has 4 N–H and O–H groups in total. The summed E-state index contributed by atoms with van der Waals surface area (Å²) < 4.78 is 27.3. The minimum absolute atomic E-state index is 0.0543. The van der Waals surface area contributed by atoms with E-state index in [4.69, 9.17) is 14.8 Å². The maximum absolute atomic E-state index is 13.1. The van der Waals surface area contributed by atoms with Gasteiger partial charge in [-0.2, -0.15) is 0 Å². The van der Waals surface area contributed by atoms with E-state index in [1.807, 2.05) is 0 Å². The zero-order chi connectivity index (χ0) is 23.6. The number of hydrogen-bond donors (Lipinski definition) is 3. The van der Waals surface area contributed by atoms with Crippen molar-refractivity contribution in [3.8, 4) is 0 Å². The van der Waals surface area contributed by atoms with Gasteiger partial charge in [0, 0.05) is 24.7 Å². The summed E-state index contributed by atoms with van der Waals surface area (Å²) in [6.45, 7) is 5.58. The van der Waals surface area contributed by atoms with Crippen LogP contribution in [0.2, 0.25) is 0 Å². The first-order chi connectivity index (χ1) is 15.0. The van der Waals surface area contributed by atoms with Crippen molar-refractivity contribution in [3.63, 3.8) is 0 Å². The van der Waals surface area contributed by atoms with E-state index in [9.17, 15) is 19.3 Å². The van der Waals surface area contributed by atoms with Crippen LogP contribution >= 0.6 is 19.5 Å². The molecule has 13 heteroatoms. The Hall–Kier alpha value is -1.95. The van der Waals surface area contributed by atoms with Gasteiger partial charge in [0.05, 0.1) is 37.2 Å². The summed E-state index contributed by atoms with van der Waals surface area (Å²) in [6.07, 6.45) is 1.05. The van der Waals surface area contributed by atoms with Crippen molar-refractivity contribution in [1.82, 2.24) is 19.2 Å². The topological polar surface area (TPSA) is 153 Å². The van der Waals surface area contributed by atoms with Crippen LogP contribution in [0.3, 0.4) is 0 Å². The fourth-order valence-electron chi connectivity index (χ4n) is 3.64. The molecular weight excluding hydrogens is 457 g/mol. The number of carbonyl (C=O) groups is 1. The highest BCUT2D eigenvalue weighted by Gasteiger charge is 2.40. The molecule has 1 unspecified atom stereocenters. The van der Waals surface area contributed by atoms with Crippen molar-refractivity contribution in [2.75, 3.05) is 38.8 Å². The van der Waals surface area contributed by atoms with E-state index in [0.29, 0.717) is 23.3 Å². The van der Waals surface area contributed by atoms with E-state index >= 15 is 0 Å². The molecule has 0 spiro atoms. The monoisotopic (exact) mass is 485 g/mol. The van der Waals surface area contributed by atoms with Gasteiger partial charge < -0.3 is 20.4 Å². The molecule has 11 nitrogen and oxygen atoms in total. The normalized spacial score (nSPS) is 23.2. The standard InChI is InChI=1S/C19H28N5O6PS/c1-11-13(9-30-31(28,23(3)4)29-5-6-32-12(2)25)16(26)7-14(11)24-10-21-18-15(24)8-17(20)22-19(18)27/h8,10,13-14,16,26H,1,5-7,9H2,2-4H3,(H3,20,22,27)/t13-,14-,16-,31?/m0/s1. The van der Waals surface area contributed by atoms with E-state index in [1.165, 1.54) is 17.9 Å². The van der Waals surface area contributed by atoms with Gasteiger partial charge in [-0.25, -0.2) is 14.2 Å². The Morgan fingerprint density at radius 3 is 2.88 bits per heavy atom. The third-order valence-electron chi connectivity index (χ3n) is 5.32. The second kappa shape index (κ2) is 9.90. The molecule has 1 aliphatic carbocycles. The Labute approximate surface area is 189 Å². The number of thioether (sulfide) groups is 1. The number of aromatic nitrogens is 3. The second-order valence-corrected chi connectivity index (χ2v) is 11.2. The number of hydrogen-bond acceptors (Lipinski definition) is 9. The lowest BCUT2D eigenvalue weighted by molar-refractivity contribution is -0.109. The quantitative estimate of drug-likeness (QED) is 0.272. The van der Waals surface area contributed by atoms with E-state index in [2.05, 4.69) is 16.5 Å². The molecular formula is C19H28N5O6PS. The number of H-pyrrole nitrogens is 1. The smallest absolute Gasteiger partial charge is 0.392 e. The van der Waals surface area contributed by atoms with Gasteiger partial charge in [-0.3, -0.25) is 18.6 Å². The van der Waals surface area contributed by atoms with Crippen molar-refractivity contribution in [2.24, 2.45) is 5.92 Å². The molecule has 2 heterocycles. The molecule has 0 amide bonds. The largest absolute Gasteiger partial charge is 0.407 e. The number of carbonyl (C=O) groups excluding carboxylic acids is 1. The second-order valence-electron chi connectivity index (χ2n) is 7.72. The van der Waals surface area contributed by atoms with Gasteiger partial charge in [0.25, 0.3) is 5.56 Å². The molecule has 1 fully saturated rings. The number of nitrogens with one attached hydrogen (secondary N) is 1. The summed E-state index contributed by atoms with van der Waals surface area (Å²) >= 11 is 1.07. The SMILES string of the molecule is C=C1[C@H](COP(=O)(OCCSC(C)=O)N(C)C)[C@@H](O)C[C@@H]1n1cnc2c(=O)[nH]c(N)cc21. The van der Waals surface area contributed by atoms with E-state index in [-0.39, 0.29) is 35.7 Å². The summed E-state index contributed by atoms with van der Waals surface area (Å²) in [7, 11) is -0.472. The number of aliphatic hydroxyl groups excluding tert-OH is 1. The lowest BCUT2D eigenvalue weighted by Crippen LogP contribution is -2.23. The highest BCUT2D eigenvalue weighted by Crippen LogP contribution is 2.52. The van der Waals surface area contributed by atoms with Crippen molar-refractivity contribution in [2.45, 2.75) is 25.5 Å². The fraction of sp³-hybridized carbons (Fsp3) is 0.526. The molecule has 2 aromatic rings. The summed E-state index contributed by atoms with van der Waals surface area (Å²) in [5, 5.41) is 10.6. The van der Waals surface area contributed by atoms with Crippen molar-refractivity contribution >= 4 is 41.5 Å². The van der Waals surface area contributed by atoms with Crippen LogP contribution in [-0.4, -0.2) is 68.6 Å². The lowest BCUT2D eigenvalue weighted by atomic mass is 10.0. The number of nitrogens with zero attached hydrogens (tertiary/aromatic N) is 3. The number of aliphatic hydroxyl groups is 1. The Bertz CT molecular complexity index is 1120. The van der Waals surface area contributed by atoms with Gasteiger partial charge in [-0.1, -0.05) is 18.3 Å². The molecule has 0 saturated heterocycles. The predicted octanol–water partition coefficient (Wildman–Crippen LogP) is 1.77. The van der Waals surface area contributed by atoms with E-state index in [1.54, 1.807) is 24.7 Å². The molecule has 1 saturated carbocycles. The number of fused-ring (bicyclic) bond motifs is 1. The number of pyridine rings is 1. The van der Waals surface area contributed by atoms with Crippen molar-refractivity contribution < 1.29 is 23.5 Å². The molecule has 1 aliphatic rings. The van der Waals surface area contributed by atoms with Crippen molar-refractivity contribution in [3.05, 3.63) is 34.9 Å². The summed E-state index contributed by atoms with van der Waals surface area (Å²) in [5.41, 5.74) is 6.82. The Morgan fingerprint density at radius 2 is 2.22 bits per heavy atom. The van der Waals surface area contributed by atoms with Crippen LogP contribution in [0, 0.1) is 5.92 Å². The summed E-state index contributed by atoms with van der Waals surface area (Å²) in [6, 6.07) is 1.27. The Balaban J connectivity index is 1.72. The highest BCUT2D eigenvalue weighted by molar-refractivity contribution is 8.13. The number of anilines is 1. The third kappa shape index (κ3) is 5.16. The van der Waals surface area contributed by atoms with Gasteiger partial charge >= 0.3 is 7.75 Å². The zero-order valence-electron chi connectivity index (χ0n) is 18.2. The van der Waals surface area contributed by atoms with Crippen LogP contribution < -0.4 is 11.3 Å². The molecule has 0 aliphatic heterocycles. The third-order valence-corrected chi connectivity index (χ3v) is 8.06. The first-order valence-corrected chi connectivity index (χ1v) is 12.4. The molecule has 2 aromatic heterocycles. The van der Waals surface area contributed by atoms with Crippen LogP contribution in [-0.2, 0) is 18.4 Å². The van der Waals surface area contributed by atoms with E-state index < -0.39 is 25.3 Å². The average molecular weight is 486 g/mol. The summed E-state index contributed by atoms with van der Waals surface area (Å²) in [4.78, 5) is 29.8. The Morgan fingerprint density at radius 1 is 1.50 bits per heavy atom. The minimum atomic E-state index is -3.61. The molecule has 176 valence electrons. The van der Waals surface area contributed by atoms with Crippen LogP contribution in [0.4, 0.5) is 5.82 Å². The molecule has 4 atom stereocenters. The minimum Gasteiger partial charge on any atom is -0.392 e. The van der Waals surface area contributed by atoms with Crippen LogP contribution in [0.5, 0.6) is 0 Å². The number of rotatable bonds is 9. The number of nitrogens with two attached hydrogens (primary N) is 1. The van der Waals surface area contributed by atoms with Crippen molar-refractivity contribution in [1.29, 1.82) is 0 Å². The maximum atomic E-state index is 13.1. The fourth-order valence-corrected chi connectivity index (χ4v) is 5.43. The Kier molecular flexibility index (Phi) is 7.64. The predicted molar refractivity (Wildman–Crippen MR) is 123 cm³/mol. The van der Waals surface area contributed by atoms with Crippen LogP contribution in [0.25, 0.3) is 11.0 Å². The molecule has 0 bridgehead atoms. The average Bonchev–Trinajstić information content (AvgIpc) is 3.24. The van der Waals surface area contributed by atoms with Crippen LogP contribution in [0.1, 0.15) is 19.4 Å². The maximum Gasteiger partial charge on any atom is 0.407 e. The highest BCUT2D eigenvalue weighted by atomic mass is 32.2. The zero-order valence-corrected chi connectivity index (χ0v) is 19.9.